The fraction of sp³-hybridized carbons (Fsp3) is 0.467. The van der Waals surface area contributed by atoms with E-state index in [1.54, 1.807) is 11.3 Å². The molecule has 0 spiro atoms. The number of hydrogen-bond acceptors (Lipinski definition) is 3. The average molecular weight is 273 g/mol. The molecule has 5 heterocycles. The molecule has 0 unspecified atom stereocenters. The fourth-order valence-electron chi connectivity index (χ4n) is 3.33. The summed E-state index contributed by atoms with van der Waals surface area (Å²) >= 11 is 1.80. The van der Waals surface area contributed by atoms with E-state index in [0.717, 1.165) is 12.6 Å². The number of aromatic amines is 1. The molecule has 19 heavy (non-hydrogen) atoms. The van der Waals surface area contributed by atoms with Crippen molar-refractivity contribution in [2.75, 3.05) is 31.1 Å². The zero-order valence-electron chi connectivity index (χ0n) is 11.0. The number of nitrogens with one attached hydrogen (secondary N) is 1. The van der Waals surface area contributed by atoms with Crippen LogP contribution in [0, 0.1) is 0 Å². The highest BCUT2D eigenvalue weighted by Crippen LogP contribution is 2.30. The summed E-state index contributed by atoms with van der Waals surface area (Å²) in [7, 11) is 0. The third kappa shape index (κ3) is 2.09. The van der Waals surface area contributed by atoms with Gasteiger partial charge in [-0.1, -0.05) is 6.07 Å². The molecule has 0 amide bonds. The fourth-order valence-corrected chi connectivity index (χ4v) is 4.04. The van der Waals surface area contributed by atoms with E-state index in [1.165, 1.54) is 48.9 Å². The van der Waals surface area contributed by atoms with Crippen molar-refractivity contribution < 1.29 is 0 Å². The normalized spacial score (nSPS) is 26.6. The molecule has 3 nitrogen and oxygen atoms in total. The Morgan fingerprint density at radius 2 is 1.95 bits per heavy atom. The Labute approximate surface area is 117 Å². The van der Waals surface area contributed by atoms with Gasteiger partial charge in [-0.2, -0.15) is 0 Å². The van der Waals surface area contributed by atoms with Crippen LogP contribution in [0.4, 0.5) is 5.82 Å². The first-order chi connectivity index (χ1) is 9.40. The Morgan fingerprint density at radius 3 is 2.74 bits per heavy atom. The number of hydrogen-bond donors (Lipinski definition) is 1. The molecule has 0 atom stereocenters. The molecule has 3 fully saturated rings. The lowest BCUT2D eigenvalue weighted by atomic mass is 10.1. The van der Waals surface area contributed by atoms with E-state index in [1.807, 2.05) is 0 Å². The van der Waals surface area contributed by atoms with Crippen LogP contribution in [0.25, 0.3) is 10.6 Å². The van der Waals surface area contributed by atoms with Crippen LogP contribution in [0.3, 0.4) is 0 Å². The Hall–Kier alpha value is -1.26. The van der Waals surface area contributed by atoms with Crippen LogP contribution in [-0.4, -0.2) is 42.1 Å². The summed E-state index contributed by atoms with van der Waals surface area (Å²) in [4.78, 5) is 10.1. The number of nitrogens with zero attached hydrogens (tertiary/aromatic N) is 2. The van der Waals surface area contributed by atoms with Crippen LogP contribution in [0.1, 0.15) is 12.8 Å². The van der Waals surface area contributed by atoms with Crippen molar-refractivity contribution in [1.82, 2.24) is 9.88 Å². The van der Waals surface area contributed by atoms with Crippen LogP contribution >= 0.6 is 11.3 Å². The van der Waals surface area contributed by atoms with Crippen molar-refractivity contribution in [3.8, 4) is 10.6 Å². The van der Waals surface area contributed by atoms with Gasteiger partial charge in [-0.3, -0.25) is 0 Å². The smallest absolute Gasteiger partial charge is 0.106 e. The van der Waals surface area contributed by atoms with Crippen molar-refractivity contribution in [3.63, 3.8) is 0 Å². The van der Waals surface area contributed by atoms with Gasteiger partial charge < -0.3 is 14.8 Å². The first-order valence-electron chi connectivity index (χ1n) is 7.12. The summed E-state index contributed by atoms with van der Waals surface area (Å²) in [6.45, 7) is 4.93. The number of piperidine rings is 1. The second-order valence-corrected chi connectivity index (χ2v) is 6.45. The molecule has 3 saturated heterocycles. The highest BCUT2D eigenvalue weighted by Gasteiger charge is 2.29. The molecule has 100 valence electrons. The Morgan fingerprint density at radius 1 is 1.05 bits per heavy atom. The van der Waals surface area contributed by atoms with Crippen molar-refractivity contribution in [1.29, 1.82) is 0 Å². The van der Waals surface area contributed by atoms with E-state index >= 15 is 0 Å². The molecule has 5 rings (SSSR count). The Balaban J connectivity index is 1.62. The maximum absolute atomic E-state index is 3.61. The van der Waals surface area contributed by atoms with Gasteiger partial charge in [-0.15, -0.1) is 11.3 Å². The van der Waals surface area contributed by atoms with E-state index < -0.39 is 0 Å². The molecule has 2 aromatic heterocycles. The maximum atomic E-state index is 3.61. The first-order valence-corrected chi connectivity index (χ1v) is 8.00. The maximum Gasteiger partial charge on any atom is 0.106 e. The topological polar surface area (TPSA) is 22.3 Å². The minimum absolute atomic E-state index is 0.730. The van der Waals surface area contributed by atoms with Crippen molar-refractivity contribution in [2.45, 2.75) is 18.9 Å². The third-order valence-corrected chi connectivity index (χ3v) is 5.32. The molecule has 4 heteroatoms. The number of thiophene rings is 1. The largest absolute Gasteiger partial charge is 0.354 e. The Kier molecular flexibility index (Phi) is 2.85. The molecular weight excluding hydrogens is 254 g/mol. The molecule has 3 aliphatic rings. The van der Waals surface area contributed by atoms with E-state index in [0.29, 0.717) is 0 Å². The summed E-state index contributed by atoms with van der Waals surface area (Å²) in [5, 5.41) is 2.14. The molecule has 0 saturated carbocycles. The SMILES string of the molecule is c1csc(-c2ccc(N3CCN4CCC3CC4)[nH]2)c1. The number of aromatic nitrogens is 1. The number of anilines is 1. The van der Waals surface area contributed by atoms with E-state index in [-0.39, 0.29) is 0 Å². The summed E-state index contributed by atoms with van der Waals surface area (Å²) in [6.07, 6.45) is 2.63. The summed E-state index contributed by atoms with van der Waals surface area (Å²) in [5.41, 5.74) is 1.25. The molecule has 0 aromatic carbocycles. The van der Waals surface area contributed by atoms with Gasteiger partial charge >= 0.3 is 0 Å². The zero-order chi connectivity index (χ0) is 12.7. The average Bonchev–Trinajstić information content (AvgIpc) is 3.05. The molecular formula is C15H19N3S. The third-order valence-electron chi connectivity index (χ3n) is 4.42. The lowest BCUT2D eigenvalue weighted by Crippen LogP contribution is -2.38. The summed E-state index contributed by atoms with van der Waals surface area (Å²) in [6, 6.07) is 9.50. The van der Waals surface area contributed by atoms with Crippen LogP contribution in [-0.2, 0) is 0 Å². The quantitative estimate of drug-likeness (QED) is 0.908. The zero-order valence-corrected chi connectivity index (χ0v) is 11.8. The van der Waals surface area contributed by atoms with Gasteiger partial charge in [-0.25, -0.2) is 0 Å². The van der Waals surface area contributed by atoms with Crippen molar-refractivity contribution >= 4 is 17.2 Å². The van der Waals surface area contributed by atoms with Gasteiger partial charge in [0.05, 0.1) is 10.6 Å². The minimum Gasteiger partial charge on any atom is -0.354 e. The minimum atomic E-state index is 0.730. The van der Waals surface area contributed by atoms with Gasteiger partial charge in [0.2, 0.25) is 0 Å². The molecule has 2 bridgehead atoms. The summed E-state index contributed by atoms with van der Waals surface area (Å²) < 4.78 is 0. The predicted molar refractivity (Wildman–Crippen MR) is 80.9 cm³/mol. The highest BCUT2D eigenvalue weighted by molar-refractivity contribution is 7.13. The summed E-state index contributed by atoms with van der Waals surface area (Å²) in [5.74, 6) is 1.30. The van der Waals surface area contributed by atoms with Crippen LogP contribution < -0.4 is 4.90 Å². The first kappa shape index (κ1) is 11.6. The second-order valence-electron chi connectivity index (χ2n) is 5.50. The van der Waals surface area contributed by atoms with Crippen LogP contribution in [0.15, 0.2) is 29.6 Å². The predicted octanol–water partition coefficient (Wildman–Crippen LogP) is 3.03. The molecule has 0 aliphatic carbocycles. The highest BCUT2D eigenvalue weighted by atomic mass is 32.1. The van der Waals surface area contributed by atoms with E-state index in [2.05, 4.69) is 44.4 Å². The number of rotatable bonds is 2. The van der Waals surface area contributed by atoms with Crippen LogP contribution in [0.2, 0.25) is 0 Å². The monoisotopic (exact) mass is 273 g/mol. The van der Waals surface area contributed by atoms with Gasteiger partial charge in [0.25, 0.3) is 0 Å². The van der Waals surface area contributed by atoms with Crippen molar-refractivity contribution in [2.24, 2.45) is 0 Å². The molecule has 2 aromatic rings. The standard InChI is InChI=1S/C15H19N3S/c1-2-14(19-11-1)13-3-4-15(16-13)18-10-9-17-7-5-12(18)6-8-17/h1-4,11-12,16H,5-10H2. The van der Waals surface area contributed by atoms with Gasteiger partial charge in [0, 0.05) is 32.2 Å². The molecule has 3 aliphatic heterocycles. The second kappa shape index (κ2) is 4.69. The van der Waals surface area contributed by atoms with E-state index in [4.69, 9.17) is 0 Å². The van der Waals surface area contributed by atoms with Crippen LogP contribution in [0.5, 0.6) is 0 Å². The molecule has 1 N–H and O–H groups in total. The number of H-pyrrole nitrogens is 1. The van der Waals surface area contributed by atoms with Gasteiger partial charge in [0.15, 0.2) is 0 Å². The van der Waals surface area contributed by atoms with Crippen molar-refractivity contribution in [3.05, 3.63) is 29.6 Å². The Bertz CT molecular complexity index is 538. The molecule has 0 radical (unpaired) electrons. The van der Waals surface area contributed by atoms with Gasteiger partial charge in [0.1, 0.15) is 5.82 Å². The lowest BCUT2D eigenvalue weighted by molar-refractivity contribution is 0.250. The lowest BCUT2D eigenvalue weighted by Gasteiger charge is -2.32. The van der Waals surface area contributed by atoms with Gasteiger partial charge in [-0.05, 0) is 36.4 Å². The van der Waals surface area contributed by atoms with E-state index in [9.17, 15) is 0 Å². The number of fused-ring (bicyclic) bond motifs is 4.